The van der Waals surface area contributed by atoms with Crippen LogP contribution in [0.1, 0.15) is 37.3 Å². The lowest BCUT2D eigenvalue weighted by Crippen LogP contribution is -2.54. The molecule has 0 saturated carbocycles. The SMILES string of the molecule is CC[C@H](C)[C@H](NC(=O)OCC1c2ccccc2-c2ccccc21)C(=O)NC1COCC1C(=O)O. The molecule has 2 amide bonds. The minimum absolute atomic E-state index is 0.0497. The second-order valence-electron chi connectivity index (χ2n) is 8.93. The van der Waals surface area contributed by atoms with Crippen LogP contribution in [0.3, 0.4) is 0 Å². The zero-order chi connectivity index (χ0) is 24.2. The van der Waals surface area contributed by atoms with Crippen molar-refractivity contribution in [3.8, 4) is 11.1 Å². The minimum Gasteiger partial charge on any atom is -0.481 e. The third-order valence-electron chi connectivity index (χ3n) is 6.84. The first-order valence-corrected chi connectivity index (χ1v) is 11.6. The highest BCUT2D eigenvalue weighted by atomic mass is 16.5. The number of fused-ring (bicyclic) bond motifs is 3. The molecular formula is C26H30N2O6. The van der Waals surface area contributed by atoms with Crippen molar-refractivity contribution in [2.75, 3.05) is 19.8 Å². The number of aliphatic carboxylic acids is 1. The molecule has 1 fully saturated rings. The maximum Gasteiger partial charge on any atom is 0.407 e. The average molecular weight is 467 g/mol. The number of hydrogen-bond acceptors (Lipinski definition) is 5. The van der Waals surface area contributed by atoms with E-state index >= 15 is 0 Å². The second kappa shape index (κ2) is 10.3. The van der Waals surface area contributed by atoms with E-state index in [2.05, 4.69) is 22.8 Å². The normalized spacial score (nSPS) is 20.6. The van der Waals surface area contributed by atoms with Crippen molar-refractivity contribution in [2.24, 2.45) is 11.8 Å². The van der Waals surface area contributed by atoms with E-state index in [-0.39, 0.29) is 31.7 Å². The molecule has 3 N–H and O–H groups in total. The van der Waals surface area contributed by atoms with E-state index in [0.29, 0.717) is 6.42 Å². The Hall–Kier alpha value is -3.39. The highest BCUT2D eigenvalue weighted by Gasteiger charge is 2.37. The molecule has 2 unspecified atom stereocenters. The molecule has 4 atom stereocenters. The van der Waals surface area contributed by atoms with Crippen LogP contribution in [0.2, 0.25) is 0 Å². The van der Waals surface area contributed by atoms with Crippen molar-refractivity contribution in [1.29, 1.82) is 0 Å². The van der Waals surface area contributed by atoms with Gasteiger partial charge in [-0.3, -0.25) is 9.59 Å². The molecule has 1 aliphatic heterocycles. The Morgan fingerprint density at radius 1 is 1.06 bits per heavy atom. The number of carboxylic acid groups (broad SMARTS) is 1. The van der Waals surface area contributed by atoms with Gasteiger partial charge in [-0.1, -0.05) is 68.8 Å². The summed E-state index contributed by atoms with van der Waals surface area (Å²) in [6, 6.07) is 14.6. The van der Waals surface area contributed by atoms with Gasteiger partial charge in [-0.15, -0.1) is 0 Å². The Balaban J connectivity index is 1.41. The monoisotopic (exact) mass is 466 g/mol. The van der Waals surface area contributed by atoms with Crippen molar-refractivity contribution in [3.05, 3.63) is 59.7 Å². The van der Waals surface area contributed by atoms with Gasteiger partial charge in [0.25, 0.3) is 0 Å². The molecule has 1 saturated heterocycles. The Morgan fingerprint density at radius 3 is 2.26 bits per heavy atom. The van der Waals surface area contributed by atoms with E-state index < -0.39 is 36.0 Å². The quantitative estimate of drug-likeness (QED) is 0.551. The molecule has 1 heterocycles. The molecule has 8 nitrogen and oxygen atoms in total. The van der Waals surface area contributed by atoms with Gasteiger partial charge in [-0.25, -0.2) is 4.79 Å². The fraction of sp³-hybridized carbons (Fsp3) is 0.423. The number of carbonyl (C=O) groups is 3. The van der Waals surface area contributed by atoms with Crippen LogP contribution in [0.15, 0.2) is 48.5 Å². The Morgan fingerprint density at radius 2 is 1.68 bits per heavy atom. The smallest absolute Gasteiger partial charge is 0.407 e. The highest BCUT2D eigenvalue weighted by molar-refractivity contribution is 5.87. The molecule has 8 heteroatoms. The van der Waals surface area contributed by atoms with E-state index in [1.54, 1.807) is 0 Å². The first-order chi connectivity index (χ1) is 16.4. The topological polar surface area (TPSA) is 114 Å². The molecule has 180 valence electrons. The van der Waals surface area contributed by atoms with Gasteiger partial charge in [0, 0.05) is 5.92 Å². The molecule has 0 radical (unpaired) electrons. The molecule has 2 aromatic carbocycles. The number of nitrogens with one attached hydrogen (secondary N) is 2. The van der Waals surface area contributed by atoms with Gasteiger partial charge < -0.3 is 25.2 Å². The average Bonchev–Trinajstić information content (AvgIpc) is 3.43. The summed E-state index contributed by atoms with van der Waals surface area (Å²) in [5.74, 6) is -2.53. The fourth-order valence-corrected chi connectivity index (χ4v) is 4.68. The number of ether oxygens (including phenoxy) is 2. The second-order valence-corrected chi connectivity index (χ2v) is 8.93. The summed E-state index contributed by atoms with van der Waals surface area (Å²) in [7, 11) is 0. The van der Waals surface area contributed by atoms with Crippen LogP contribution >= 0.6 is 0 Å². The van der Waals surface area contributed by atoms with Crippen molar-refractivity contribution < 1.29 is 29.0 Å². The lowest BCUT2D eigenvalue weighted by atomic mass is 9.97. The van der Waals surface area contributed by atoms with Gasteiger partial charge in [0.2, 0.25) is 5.91 Å². The number of carbonyl (C=O) groups excluding carboxylic acids is 2. The fourth-order valence-electron chi connectivity index (χ4n) is 4.68. The van der Waals surface area contributed by atoms with E-state index in [0.717, 1.165) is 22.3 Å². The maximum atomic E-state index is 13.0. The summed E-state index contributed by atoms with van der Waals surface area (Å²) in [6.07, 6.45) is -0.0367. The Bertz CT molecular complexity index is 1030. The predicted molar refractivity (Wildman–Crippen MR) is 125 cm³/mol. The van der Waals surface area contributed by atoms with Crippen LogP contribution in [0.5, 0.6) is 0 Å². The molecular weight excluding hydrogens is 436 g/mol. The summed E-state index contributed by atoms with van der Waals surface area (Å²) in [5.41, 5.74) is 4.48. The first-order valence-electron chi connectivity index (χ1n) is 11.6. The van der Waals surface area contributed by atoms with E-state index in [4.69, 9.17) is 9.47 Å². The standard InChI is InChI=1S/C26H30N2O6/c1-3-15(2)23(24(29)27-22-14-33-12-21(22)25(30)31)28-26(32)34-13-20-18-10-6-4-8-16(18)17-9-5-7-11-19(17)20/h4-11,15,20-23H,3,12-14H2,1-2H3,(H,27,29)(H,28,32)(H,30,31)/t15-,21?,22?,23-/m0/s1. The van der Waals surface area contributed by atoms with Gasteiger partial charge in [0.05, 0.1) is 19.3 Å². The van der Waals surface area contributed by atoms with Gasteiger partial charge in [0.15, 0.2) is 0 Å². The number of hydrogen-bond donors (Lipinski definition) is 3. The van der Waals surface area contributed by atoms with Gasteiger partial charge in [-0.2, -0.15) is 0 Å². The van der Waals surface area contributed by atoms with Crippen LogP contribution < -0.4 is 10.6 Å². The molecule has 0 spiro atoms. The lowest BCUT2D eigenvalue weighted by Gasteiger charge is -2.26. The van der Waals surface area contributed by atoms with Crippen molar-refractivity contribution in [3.63, 3.8) is 0 Å². The predicted octanol–water partition coefficient (Wildman–Crippen LogP) is 3.16. The summed E-state index contributed by atoms with van der Waals surface area (Å²) in [5, 5.41) is 14.8. The zero-order valence-corrected chi connectivity index (χ0v) is 19.3. The lowest BCUT2D eigenvalue weighted by molar-refractivity contribution is -0.142. The van der Waals surface area contributed by atoms with E-state index in [9.17, 15) is 19.5 Å². The third-order valence-corrected chi connectivity index (χ3v) is 6.84. The Labute approximate surface area is 198 Å². The van der Waals surface area contributed by atoms with Crippen LogP contribution in [0.4, 0.5) is 4.79 Å². The maximum absolute atomic E-state index is 13.0. The minimum atomic E-state index is -1.02. The third kappa shape index (κ3) is 4.77. The van der Waals surface area contributed by atoms with E-state index in [1.807, 2.05) is 50.2 Å². The molecule has 0 aromatic heterocycles. The Kier molecular flexibility index (Phi) is 7.17. The van der Waals surface area contributed by atoms with Gasteiger partial charge in [0.1, 0.15) is 18.6 Å². The highest BCUT2D eigenvalue weighted by Crippen LogP contribution is 2.44. The van der Waals surface area contributed by atoms with Crippen LogP contribution in [0.25, 0.3) is 11.1 Å². The first kappa shape index (κ1) is 23.8. The van der Waals surface area contributed by atoms with Crippen molar-refractivity contribution in [2.45, 2.75) is 38.3 Å². The summed E-state index contributed by atoms with van der Waals surface area (Å²) in [4.78, 5) is 37.1. The molecule has 2 aliphatic rings. The molecule has 34 heavy (non-hydrogen) atoms. The summed E-state index contributed by atoms with van der Waals surface area (Å²) >= 11 is 0. The van der Waals surface area contributed by atoms with Crippen LogP contribution in [0, 0.1) is 11.8 Å². The van der Waals surface area contributed by atoms with Gasteiger partial charge >= 0.3 is 12.1 Å². The molecule has 2 aromatic rings. The zero-order valence-electron chi connectivity index (χ0n) is 19.3. The van der Waals surface area contributed by atoms with Crippen molar-refractivity contribution in [1.82, 2.24) is 10.6 Å². The number of rotatable bonds is 8. The molecule has 0 bridgehead atoms. The number of alkyl carbamates (subject to hydrolysis) is 1. The van der Waals surface area contributed by atoms with Gasteiger partial charge in [-0.05, 0) is 28.2 Å². The number of carboxylic acids is 1. The van der Waals surface area contributed by atoms with E-state index in [1.165, 1.54) is 0 Å². The molecule has 1 aliphatic carbocycles. The van der Waals surface area contributed by atoms with Crippen LogP contribution in [-0.2, 0) is 19.1 Å². The summed E-state index contributed by atoms with van der Waals surface area (Å²) < 4.78 is 10.8. The molecule has 4 rings (SSSR count). The van der Waals surface area contributed by atoms with Crippen LogP contribution in [-0.4, -0.2) is 55.0 Å². The summed E-state index contributed by atoms with van der Waals surface area (Å²) in [6.45, 7) is 4.10. The number of amides is 2. The largest absolute Gasteiger partial charge is 0.481 e. The van der Waals surface area contributed by atoms with Crippen molar-refractivity contribution >= 4 is 18.0 Å². The number of benzene rings is 2.